The number of hydrogen-bond acceptors (Lipinski definition) is 4. The van der Waals surface area contributed by atoms with Crippen LogP contribution >= 0.6 is 22.7 Å². The molecule has 16 heavy (non-hydrogen) atoms. The predicted molar refractivity (Wildman–Crippen MR) is 68.7 cm³/mol. The van der Waals surface area contributed by atoms with Gasteiger partial charge in [0.15, 0.2) is 0 Å². The quantitative estimate of drug-likeness (QED) is 0.879. The Kier molecular flexibility index (Phi) is 3.04. The van der Waals surface area contributed by atoms with E-state index < -0.39 is 0 Å². The van der Waals surface area contributed by atoms with Crippen molar-refractivity contribution in [2.24, 2.45) is 5.92 Å². The van der Waals surface area contributed by atoms with Crippen LogP contribution < -0.4 is 5.32 Å². The van der Waals surface area contributed by atoms with E-state index in [4.69, 9.17) is 0 Å². The molecule has 0 saturated heterocycles. The van der Waals surface area contributed by atoms with Gasteiger partial charge in [-0.1, -0.05) is 6.07 Å². The van der Waals surface area contributed by atoms with Gasteiger partial charge in [-0.2, -0.15) is 0 Å². The van der Waals surface area contributed by atoms with Crippen LogP contribution in [-0.2, 0) is 6.54 Å². The highest BCUT2D eigenvalue weighted by atomic mass is 32.1. The smallest absolute Gasteiger partial charge is 0.0795 e. The number of nitrogens with one attached hydrogen (secondary N) is 1. The summed E-state index contributed by atoms with van der Waals surface area (Å²) in [7, 11) is 0. The van der Waals surface area contributed by atoms with Gasteiger partial charge in [-0.3, -0.25) is 0 Å². The van der Waals surface area contributed by atoms with Crippen molar-refractivity contribution in [1.82, 2.24) is 10.3 Å². The second-order valence-corrected chi connectivity index (χ2v) is 5.89. The third-order valence-electron chi connectivity index (χ3n) is 2.93. The van der Waals surface area contributed by atoms with Gasteiger partial charge < -0.3 is 5.32 Å². The zero-order valence-corrected chi connectivity index (χ0v) is 10.6. The van der Waals surface area contributed by atoms with E-state index in [-0.39, 0.29) is 0 Å². The van der Waals surface area contributed by atoms with Gasteiger partial charge in [-0.25, -0.2) is 4.98 Å². The lowest BCUT2D eigenvalue weighted by Gasteiger charge is -2.15. The molecule has 2 nitrogen and oxygen atoms in total. The molecule has 4 heteroatoms. The summed E-state index contributed by atoms with van der Waals surface area (Å²) in [4.78, 5) is 5.78. The van der Waals surface area contributed by atoms with Gasteiger partial charge in [0.25, 0.3) is 0 Å². The molecule has 1 aliphatic rings. The summed E-state index contributed by atoms with van der Waals surface area (Å²) in [6, 6.07) is 4.92. The molecule has 0 amide bonds. The summed E-state index contributed by atoms with van der Waals surface area (Å²) in [6.07, 6.45) is 2.74. The molecular formula is C12H14N2S2. The maximum atomic E-state index is 4.31. The minimum atomic E-state index is 0.543. The van der Waals surface area contributed by atoms with E-state index in [0.29, 0.717) is 6.04 Å². The van der Waals surface area contributed by atoms with Gasteiger partial charge in [-0.05, 0) is 30.2 Å². The maximum absolute atomic E-state index is 4.31. The summed E-state index contributed by atoms with van der Waals surface area (Å²) in [5.41, 5.74) is 3.06. The number of thiazole rings is 1. The molecule has 0 aromatic carbocycles. The van der Waals surface area contributed by atoms with Gasteiger partial charge in [0.1, 0.15) is 0 Å². The van der Waals surface area contributed by atoms with Crippen LogP contribution in [0.15, 0.2) is 28.4 Å². The second-order valence-electron chi connectivity index (χ2n) is 4.19. The Morgan fingerprint density at radius 2 is 2.44 bits per heavy atom. The number of thiophene rings is 1. The highest BCUT2D eigenvalue weighted by Gasteiger charge is 2.32. The Morgan fingerprint density at radius 1 is 1.50 bits per heavy atom. The van der Waals surface area contributed by atoms with Crippen molar-refractivity contribution in [2.45, 2.75) is 25.4 Å². The molecule has 0 radical (unpaired) electrons. The lowest BCUT2D eigenvalue weighted by atomic mass is 10.1. The molecule has 0 bridgehead atoms. The summed E-state index contributed by atoms with van der Waals surface area (Å²) in [5, 5.41) is 7.92. The van der Waals surface area contributed by atoms with E-state index in [2.05, 4.69) is 33.2 Å². The average molecular weight is 250 g/mol. The minimum Gasteiger partial charge on any atom is -0.303 e. The number of rotatable bonds is 5. The zero-order chi connectivity index (χ0) is 10.8. The van der Waals surface area contributed by atoms with E-state index in [9.17, 15) is 0 Å². The van der Waals surface area contributed by atoms with E-state index in [1.165, 1.54) is 17.7 Å². The topological polar surface area (TPSA) is 24.9 Å². The molecule has 0 spiro atoms. The van der Waals surface area contributed by atoms with Crippen LogP contribution in [-0.4, -0.2) is 4.98 Å². The Morgan fingerprint density at radius 3 is 3.06 bits per heavy atom. The van der Waals surface area contributed by atoms with E-state index in [1.807, 2.05) is 16.8 Å². The fourth-order valence-corrected chi connectivity index (χ4v) is 3.39. The summed E-state index contributed by atoms with van der Waals surface area (Å²) < 4.78 is 0. The van der Waals surface area contributed by atoms with Gasteiger partial charge in [0.2, 0.25) is 0 Å². The van der Waals surface area contributed by atoms with Crippen molar-refractivity contribution < 1.29 is 0 Å². The molecule has 1 saturated carbocycles. The SMILES string of the molecule is c1csc(C(NCc2cscn2)C2CC2)c1. The summed E-state index contributed by atoms with van der Waals surface area (Å²) >= 11 is 3.52. The molecule has 2 aromatic heterocycles. The molecule has 84 valence electrons. The first-order valence-electron chi connectivity index (χ1n) is 5.57. The Hall–Kier alpha value is -0.710. The largest absolute Gasteiger partial charge is 0.303 e. The minimum absolute atomic E-state index is 0.543. The van der Waals surface area contributed by atoms with Crippen molar-refractivity contribution in [3.63, 3.8) is 0 Å². The number of hydrogen-bond donors (Lipinski definition) is 1. The first kappa shape index (κ1) is 10.4. The van der Waals surface area contributed by atoms with Crippen molar-refractivity contribution in [1.29, 1.82) is 0 Å². The monoisotopic (exact) mass is 250 g/mol. The average Bonchev–Trinajstić information content (AvgIpc) is 2.83. The zero-order valence-electron chi connectivity index (χ0n) is 8.93. The number of aromatic nitrogens is 1. The molecule has 1 aliphatic carbocycles. The van der Waals surface area contributed by atoms with Gasteiger partial charge in [-0.15, -0.1) is 22.7 Å². The maximum Gasteiger partial charge on any atom is 0.0795 e. The molecule has 1 atom stereocenters. The van der Waals surface area contributed by atoms with Crippen LogP contribution in [0.4, 0.5) is 0 Å². The Balaban J connectivity index is 1.66. The highest BCUT2D eigenvalue weighted by molar-refractivity contribution is 7.10. The predicted octanol–water partition coefficient (Wildman–Crippen LogP) is 3.45. The Bertz CT molecular complexity index is 418. The molecule has 1 fully saturated rings. The molecular weight excluding hydrogens is 236 g/mol. The number of nitrogens with zero attached hydrogens (tertiary/aromatic N) is 1. The molecule has 2 heterocycles. The van der Waals surface area contributed by atoms with E-state index in [1.54, 1.807) is 11.3 Å². The van der Waals surface area contributed by atoms with E-state index >= 15 is 0 Å². The van der Waals surface area contributed by atoms with Crippen LogP contribution in [0.2, 0.25) is 0 Å². The van der Waals surface area contributed by atoms with E-state index in [0.717, 1.165) is 18.2 Å². The van der Waals surface area contributed by atoms with Gasteiger partial charge in [0.05, 0.1) is 11.2 Å². The fourth-order valence-electron chi connectivity index (χ4n) is 1.94. The van der Waals surface area contributed by atoms with Crippen molar-refractivity contribution in [2.75, 3.05) is 0 Å². The van der Waals surface area contributed by atoms with Gasteiger partial charge in [0, 0.05) is 22.8 Å². The first-order chi connectivity index (χ1) is 7.93. The molecule has 1 N–H and O–H groups in total. The van der Waals surface area contributed by atoms with Crippen molar-refractivity contribution >= 4 is 22.7 Å². The molecule has 3 rings (SSSR count). The lowest BCUT2D eigenvalue weighted by Crippen LogP contribution is -2.21. The summed E-state index contributed by atoms with van der Waals surface area (Å²) in [5.74, 6) is 0.845. The third kappa shape index (κ3) is 2.34. The lowest BCUT2D eigenvalue weighted by molar-refractivity contribution is 0.484. The summed E-state index contributed by atoms with van der Waals surface area (Å²) in [6.45, 7) is 0.891. The van der Waals surface area contributed by atoms with Crippen molar-refractivity contribution in [3.8, 4) is 0 Å². The standard InChI is InChI=1S/C12H14N2S2/c1-2-11(16-5-1)12(9-3-4-9)13-6-10-7-15-8-14-10/h1-2,5,7-9,12-13H,3-4,6H2. The fraction of sp³-hybridized carbons (Fsp3) is 0.417. The van der Waals surface area contributed by atoms with Crippen LogP contribution in [0, 0.1) is 5.92 Å². The molecule has 0 aliphatic heterocycles. The van der Waals surface area contributed by atoms with Crippen LogP contribution in [0.5, 0.6) is 0 Å². The van der Waals surface area contributed by atoms with Crippen molar-refractivity contribution in [3.05, 3.63) is 39.0 Å². The van der Waals surface area contributed by atoms with Crippen LogP contribution in [0.1, 0.15) is 29.5 Å². The first-order valence-corrected chi connectivity index (χ1v) is 7.39. The third-order valence-corrected chi connectivity index (χ3v) is 4.52. The second kappa shape index (κ2) is 4.65. The van der Waals surface area contributed by atoms with Gasteiger partial charge >= 0.3 is 0 Å². The molecule has 2 aromatic rings. The van der Waals surface area contributed by atoms with Crippen LogP contribution in [0.25, 0.3) is 0 Å². The molecule has 1 unspecified atom stereocenters. The highest BCUT2D eigenvalue weighted by Crippen LogP contribution is 2.42. The normalized spacial score (nSPS) is 17.5. The Labute approximate surface area is 103 Å². The van der Waals surface area contributed by atoms with Crippen LogP contribution in [0.3, 0.4) is 0 Å².